The van der Waals surface area contributed by atoms with E-state index in [1.807, 2.05) is 0 Å². The molecule has 62 valence electrons. The standard InChI is InChI=1S/C8H9F3/c1-4(8(9,10)11)7-5-2-3-6(5)7/h5-6H,2-3H2,1H3/t5-,6?/m0/s1. The Labute approximate surface area is 63.1 Å². The highest BCUT2D eigenvalue weighted by Gasteiger charge is 2.55. The van der Waals surface area contributed by atoms with Crippen molar-refractivity contribution in [3.8, 4) is 0 Å². The van der Waals surface area contributed by atoms with Crippen LogP contribution in [0.4, 0.5) is 13.2 Å². The maximum Gasteiger partial charge on any atom is 0.412 e. The number of allylic oxidation sites excluding steroid dienone is 2. The molecule has 2 fully saturated rings. The lowest BCUT2D eigenvalue weighted by Crippen LogP contribution is -2.08. The fraction of sp³-hybridized carbons (Fsp3) is 0.750. The van der Waals surface area contributed by atoms with Gasteiger partial charge in [0, 0.05) is 5.57 Å². The van der Waals surface area contributed by atoms with Gasteiger partial charge in [0.15, 0.2) is 0 Å². The molecule has 0 saturated heterocycles. The summed E-state index contributed by atoms with van der Waals surface area (Å²) in [6.07, 6.45) is -2.12. The van der Waals surface area contributed by atoms with Crippen LogP contribution >= 0.6 is 0 Å². The van der Waals surface area contributed by atoms with Crippen molar-refractivity contribution in [1.82, 2.24) is 0 Å². The van der Waals surface area contributed by atoms with Crippen LogP contribution < -0.4 is 0 Å². The van der Waals surface area contributed by atoms with Crippen molar-refractivity contribution >= 4 is 0 Å². The molecule has 0 aromatic rings. The molecule has 0 aromatic heterocycles. The highest BCUT2D eigenvalue weighted by Crippen LogP contribution is 2.63. The van der Waals surface area contributed by atoms with E-state index in [2.05, 4.69) is 0 Å². The molecular formula is C8H9F3. The van der Waals surface area contributed by atoms with Crippen LogP contribution in [0.3, 0.4) is 0 Å². The van der Waals surface area contributed by atoms with Crippen LogP contribution in [0.25, 0.3) is 0 Å². The molecule has 2 saturated carbocycles. The van der Waals surface area contributed by atoms with Gasteiger partial charge in [-0.3, -0.25) is 0 Å². The van der Waals surface area contributed by atoms with E-state index in [4.69, 9.17) is 0 Å². The molecule has 2 atom stereocenters. The zero-order valence-corrected chi connectivity index (χ0v) is 6.20. The second-order valence-electron chi connectivity index (χ2n) is 3.37. The Bertz CT molecular complexity index is 212. The smallest absolute Gasteiger partial charge is 0.166 e. The number of fused-ring (bicyclic) bond motifs is 1. The summed E-state index contributed by atoms with van der Waals surface area (Å²) in [6, 6.07) is 0. The van der Waals surface area contributed by atoms with Crippen molar-refractivity contribution in [2.45, 2.75) is 25.9 Å². The van der Waals surface area contributed by atoms with Crippen LogP contribution in [0.5, 0.6) is 0 Å². The van der Waals surface area contributed by atoms with E-state index in [1.54, 1.807) is 0 Å². The second kappa shape index (κ2) is 1.82. The lowest BCUT2D eigenvalue weighted by atomic mass is 10.0. The normalized spacial score (nSPS) is 39.3. The van der Waals surface area contributed by atoms with E-state index < -0.39 is 6.18 Å². The van der Waals surface area contributed by atoms with Gasteiger partial charge in [-0.1, -0.05) is 5.57 Å². The quantitative estimate of drug-likeness (QED) is 0.480. The van der Waals surface area contributed by atoms with Gasteiger partial charge in [0.2, 0.25) is 0 Å². The SMILES string of the molecule is CC(=C1C2CC[C@H]12)C(F)(F)F. The first-order valence-corrected chi connectivity index (χ1v) is 3.79. The van der Waals surface area contributed by atoms with E-state index in [0.29, 0.717) is 17.4 Å². The Morgan fingerprint density at radius 1 is 1.27 bits per heavy atom. The second-order valence-corrected chi connectivity index (χ2v) is 3.37. The molecular weight excluding hydrogens is 153 g/mol. The summed E-state index contributed by atoms with van der Waals surface area (Å²) in [6.45, 7) is 1.20. The summed E-state index contributed by atoms with van der Waals surface area (Å²) in [5, 5.41) is 0. The zero-order chi connectivity index (χ0) is 8.22. The van der Waals surface area contributed by atoms with E-state index in [0.717, 1.165) is 12.8 Å². The number of halogens is 3. The minimum absolute atomic E-state index is 0.316. The minimum atomic E-state index is -4.08. The Morgan fingerprint density at radius 2 is 1.73 bits per heavy atom. The fourth-order valence-corrected chi connectivity index (χ4v) is 1.91. The monoisotopic (exact) mass is 162 g/mol. The molecule has 0 nitrogen and oxygen atoms in total. The van der Waals surface area contributed by atoms with Gasteiger partial charge >= 0.3 is 6.18 Å². The molecule has 2 aliphatic rings. The van der Waals surface area contributed by atoms with E-state index in [1.165, 1.54) is 6.92 Å². The molecule has 0 amide bonds. The Morgan fingerprint density at radius 3 is 2.00 bits per heavy atom. The average Bonchev–Trinajstić information content (AvgIpc) is 2.29. The highest BCUT2D eigenvalue weighted by atomic mass is 19.4. The van der Waals surface area contributed by atoms with Gasteiger partial charge in [0.1, 0.15) is 0 Å². The van der Waals surface area contributed by atoms with Gasteiger partial charge in [-0.2, -0.15) is 13.2 Å². The highest BCUT2D eigenvalue weighted by molar-refractivity contribution is 5.40. The van der Waals surface area contributed by atoms with Gasteiger partial charge in [0.05, 0.1) is 0 Å². The maximum absolute atomic E-state index is 12.1. The van der Waals surface area contributed by atoms with Gasteiger partial charge in [-0.05, 0) is 31.6 Å². The van der Waals surface area contributed by atoms with Crippen LogP contribution in [0.15, 0.2) is 11.1 Å². The number of hydrogen-bond donors (Lipinski definition) is 0. The summed E-state index contributed by atoms with van der Waals surface area (Å²) in [5.41, 5.74) is 0.363. The Balaban J connectivity index is 2.22. The summed E-state index contributed by atoms with van der Waals surface area (Å²) in [4.78, 5) is 0. The van der Waals surface area contributed by atoms with Crippen molar-refractivity contribution in [3.05, 3.63) is 11.1 Å². The molecule has 0 N–H and O–H groups in total. The van der Waals surface area contributed by atoms with Gasteiger partial charge in [-0.15, -0.1) is 0 Å². The van der Waals surface area contributed by atoms with E-state index in [9.17, 15) is 13.2 Å². The lowest BCUT2D eigenvalue weighted by molar-refractivity contribution is -0.0918. The number of rotatable bonds is 0. The first kappa shape index (κ1) is 7.19. The van der Waals surface area contributed by atoms with E-state index in [-0.39, 0.29) is 5.57 Å². The van der Waals surface area contributed by atoms with Gasteiger partial charge in [0.25, 0.3) is 0 Å². The van der Waals surface area contributed by atoms with Crippen LogP contribution in [0.2, 0.25) is 0 Å². The van der Waals surface area contributed by atoms with E-state index >= 15 is 0 Å². The van der Waals surface area contributed by atoms with Crippen LogP contribution in [-0.4, -0.2) is 6.18 Å². The first-order chi connectivity index (χ1) is 5.02. The predicted molar refractivity (Wildman–Crippen MR) is 35.0 cm³/mol. The van der Waals surface area contributed by atoms with Crippen molar-refractivity contribution in [3.63, 3.8) is 0 Å². The largest absolute Gasteiger partial charge is 0.412 e. The Hall–Kier alpha value is -0.470. The number of hydrogen-bond acceptors (Lipinski definition) is 0. The fourth-order valence-electron chi connectivity index (χ4n) is 1.91. The lowest BCUT2D eigenvalue weighted by Gasteiger charge is -2.04. The summed E-state index contributed by atoms with van der Waals surface area (Å²) in [5.74, 6) is 0.633. The number of alkyl halides is 3. The molecule has 2 rings (SSSR count). The average molecular weight is 162 g/mol. The molecule has 3 heteroatoms. The van der Waals surface area contributed by atoms with Crippen molar-refractivity contribution < 1.29 is 13.2 Å². The third kappa shape index (κ3) is 0.898. The van der Waals surface area contributed by atoms with Crippen molar-refractivity contribution in [1.29, 1.82) is 0 Å². The minimum Gasteiger partial charge on any atom is -0.166 e. The molecule has 0 heterocycles. The van der Waals surface area contributed by atoms with Crippen molar-refractivity contribution in [2.24, 2.45) is 11.8 Å². The summed E-state index contributed by atoms with van der Waals surface area (Å²) < 4.78 is 36.2. The topological polar surface area (TPSA) is 0 Å². The molecule has 1 unspecified atom stereocenters. The predicted octanol–water partition coefficient (Wildman–Crippen LogP) is 2.91. The molecule has 0 aliphatic heterocycles. The third-order valence-corrected chi connectivity index (χ3v) is 2.82. The van der Waals surface area contributed by atoms with Crippen molar-refractivity contribution in [2.75, 3.05) is 0 Å². The third-order valence-electron chi connectivity index (χ3n) is 2.82. The Kier molecular flexibility index (Phi) is 1.19. The molecule has 0 radical (unpaired) electrons. The van der Waals surface area contributed by atoms with Crippen LogP contribution in [0, 0.1) is 11.8 Å². The van der Waals surface area contributed by atoms with Crippen LogP contribution in [-0.2, 0) is 0 Å². The molecule has 11 heavy (non-hydrogen) atoms. The first-order valence-electron chi connectivity index (χ1n) is 3.79. The summed E-state index contributed by atoms with van der Waals surface area (Å²) in [7, 11) is 0. The maximum atomic E-state index is 12.1. The molecule has 0 bridgehead atoms. The molecule has 2 aliphatic carbocycles. The zero-order valence-electron chi connectivity index (χ0n) is 6.20. The van der Waals surface area contributed by atoms with Gasteiger partial charge < -0.3 is 0 Å². The van der Waals surface area contributed by atoms with Gasteiger partial charge in [-0.25, -0.2) is 0 Å². The molecule has 0 aromatic carbocycles. The molecule has 0 spiro atoms. The van der Waals surface area contributed by atoms with Crippen LogP contribution in [0.1, 0.15) is 19.8 Å². The summed E-state index contributed by atoms with van der Waals surface area (Å²) >= 11 is 0.